The van der Waals surface area contributed by atoms with E-state index in [4.69, 9.17) is 4.55 Å². The molecule has 0 aromatic heterocycles. The van der Waals surface area contributed by atoms with E-state index in [0.29, 0.717) is 5.69 Å². The molecule has 0 unspecified atom stereocenters. The Bertz CT molecular complexity index is 538. The van der Waals surface area contributed by atoms with Gasteiger partial charge in [-0.1, -0.05) is 0 Å². The number of hydrogen-bond donors (Lipinski definition) is 2. The second kappa shape index (κ2) is 7.48. The van der Waals surface area contributed by atoms with Gasteiger partial charge in [-0.05, 0) is 31.2 Å². The molecule has 0 saturated carbocycles. The molecule has 1 rings (SSSR count). The van der Waals surface area contributed by atoms with Crippen molar-refractivity contribution in [3.63, 3.8) is 0 Å². The first-order valence-electron chi connectivity index (χ1n) is 4.66. The normalized spacial score (nSPS) is 10.3. The number of ketones is 1. The predicted molar refractivity (Wildman–Crippen MR) is 67.3 cm³/mol. The van der Waals surface area contributed by atoms with E-state index >= 15 is 0 Å². The van der Waals surface area contributed by atoms with Crippen LogP contribution < -0.4 is 5.32 Å². The second-order valence-corrected chi connectivity index (χ2v) is 4.85. The molecule has 0 radical (unpaired) electrons. The summed E-state index contributed by atoms with van der Waals surface area (Å²) in [6.07, 6.45) is -0.236. The Morgan fingerprint density at radius 2 is 1.72 bits per heavy atom. The van der Waals surface area contributed by atoms with Gasteiger partial charge in [-0.3, -0.25) is 14.1 Å². The molecule has 1 aromatic rings. The third-order valence-electron chi connectivity index (χ3n) is 1.85. The fraction of sp³-hybridized carbons (Fsp3) is 0.200. The van der Waals surface area contributed by atoms with Crippen LogP contribution in [0.3, 0.4) is 0 Å². The Hall–Kier alpha value is -0.0936. The van der Waals surface area contributed by atoms with Crippen LogP contribution in [-0.4, -0.2) is 76.0 Å². The summed E-state index contributed by atoms with van der Waals surface area (Å²) in [5.74, 6) is -0.742. The van der Waals surface area contributed by atoms with E-state index in [-0.39, 0.29) is 68.5 Å². The monoisotopic (exact) mass is 297 g/mol. The van der Waals surface area contributed by atoms with E-state index in [0.717, 1.165) is 12.1 Å². The van der Waals surface area contributed by atoms with Crippen molar-refractivity contribution >= 4 is 78.9 Å². The van der Waals surface area contributed by atoms with Crippen molar-refractivity contribution in [3.8, 4) is 0 Å². The third kappa shape index (κ3) is 6.18. The minimum absolute atomic E-state index is 0. The molecule has 0 heterocycles. The zero-order valence-corrected chi connectivity index (χ0v) is 9.82. The zero-order valence-electron chi connectivity index (χ0n) is 9.00. The maximum absolute atomic E-state index is 11.2. The second-order valence-electron chi connectivity index (χ2n) is 3.43. The van der Waals surface area contributed by atoms with Gasteiger partial charge in [-0.25, -0.2) is 0 Å². The molecule has 2 N–H and O–H groups in total. The summed E-state index contributed by atoms with van der Waals surface area (Å²) in [5.41, 5.74) is 0.351. The fourth-order valence-corrected chi connectivity index (χ4v) is 1.62. The first kappa shape index (κ1) is 17.9. The van der Waals surface area contributed by atoms with Crippen LogP contribution in [0, 0.1) is 0 Å². The molecule has 1 aromatic carbocycles. The van der Waals surface area contributed by atoms with Crippen LogP contribution in [0.4, 0.5) is 5.69 Å². The number of carbonyl (C=O) groups excluding carboxylic acids is 2. The molecule has 0 aliphatic rings. The summed E-state index contributed by atoms with van der Waals surface area (Å²) >= 11 is 0. The van der Waals surface area contributed by atoms with Crippen LogP contribution >= 0.6 is 0 Å². The maximum atomic E-state index is 11.2. The molecule has 8 heteroatoms. The van der Waals surface area contributed by atoms with E-state index in [1.54, 1.807) is 0 Å². The van der Waals surface area contributed by atoms with Crippen LogP contribution in [0.2, 0.25) is 0 Å². The molecule has 18 heavy (non-hydrogen) atoms. The molecular formula is C10H12KNO5S. The molecule has 0 atom stereocenters. The molecule has 0 bridgehead atoms. The Labute approximate surface area is 147 Å². The molecule has 0 saturated heterocycles. The van der Waals surface area contributed by atoms with Gasteiger partial charge in [0.2, 0.25) is 5.91 Å². The number of nitrogens with one attached hydrogen (secondary N) is 1. The molecule has 0 aliphatic heterocycles. The van der Waals surface area contributed by atoms with E-state index < -0.39 is 16.0 Å². The van der Waals surface area contributed by atoms with Gasteiger partial charge < -0.3 is 5.32 Å². The first-order valence-corrected chi connectivity index (χ1v) is 6.10. The standard InChI is InChI=1S/C10H11NO5S.K.H/c1-7(12)6-10(13)11-8-2-4-9(5-3-8)17(14,15)16;;/h2-5H,6H2,1H3,(H,11,13)(H,14,15,16);;. The average Bonchev–Trinajstić information content (AvgIpc) is 2.15. The van der Waals surface area contributed by atoms with Crippen molar-refractivity contribution in [1.82, 2.24) is 0 Å². The Balaban J connectivity index is 0.00000289. The molecule has 1 amide bonds. The van der Waals surface area contributed by atoms with E-state index in [1.165, 1.54) is 19.1 Å². The quantitative estimate of drug-likeness (QED) is 0.470. The van der Waals surface area contributed by atoms with Gasteiger partial charge in [-0.2, -0.15) is 8.42 Å². The summed E-state index contributed by atoms with van der Waals surface area (Å²) < 4.78 is 30.2. The van der Waals surface area contributed by atoms with E-state index in [9.17, 15) is 18.0 Å². The molecule has 6 nitrogen and oxygen atoms in total. The van der Waals surface area contributed by atoms with Crippen molar-refractivity contribution in [2.45, 2.75) is 18.2 Å². The van der Waals surface area contributed by atoms with Gasteiger partial charge >= 0.3 is 51.4 Å². The van der Waals surface area contributed by atoms with Gasteiger partial charge in [0.25, 0.3) is 10.1 Å². The Morgan fingerprint density at radius 3 is 2.11 bits per heavy atom. The van der Waals surface area contributed by atoms with Crippen molar-refractivity contribution in [2.75, 3.05) is 5.32 Å². The average molecular weight is 297 g/mol. The van der Waals surface area contributed by atoms with Gasteiger partial charge in [0.1, 0.15) is 5.78 Å². The molecule has 94 valence electrons. The molecule has 0 spiro atoms. The van der Waals surface area contributed by atoms with Gasteiger partial charge in [0, 0.05) is 5.69 Å². The van der Waals surface area contributed by atoms with Crippen molar-refractivity contribution in [2.24, 2.45) is 0 Å². The van der Waals surface area contributed by atoms with Crippen molar-refractivity contribution < 1.29 is 22.6 Å². The number of amides is 1. The number of Topliss-reactive ketones (excluding diaryl/α,β-unsaturated/α-hetero) is 1. The van der Waals surface area contributed by atoms with Crippen molar-refractivity contribution in [1.29, 1.82) is 0 Å². The summed E-state index contributed by atoms with van der Waals surface area (Å²) in [6.45, 7) is 1.29. The predicted octanol–water partition coefficient (Wildman–Crippen LogP) is 0.202. The molecule has 0 fully saturated rings. The Morgan fingerprint density at radius 1 is 1.22 bits per heavy atom. The van der Waals surface area contributed by atoms with E-state index in [1.807, 2.05) is 0 Å². The van der Waals surface area contributed by atoms with Crippen LogP contribution in [0.1, 0.15) is 13.3 Å². The number of anilines is 1. The molecular weight excluding hydrogens is 285 g/mol. The zero-order chi connectivity index (χ0) is 13.1. The Kier molecular flexibility index (Phi) is 7.45. The number of benzene rings is 1. The van der Waals surface area contributed by atoms with E-state index in [2.05, 4.69) is 5.32 Å². The topological polar surface area (TPSA) is 101 Å². The van der Waals surface area contributed by atoms with Gasteiger partial charge in [0.05, 0.1) is 11.3 Å². The third-order valence-corrected chi connectivity index (χ3v) is 2.71. The summed E-state index contributed by atoms with van der Waals surface area (Å²) in [5, 5.41) is 2.42. The van der Waals surface area contributed by atoms with Gasteiger partial charge in [-0.15, -0.1) is 0 Å². The SMILES string of the molecule is CC(=O)CC(=O)Nc1ccc(S(=O)(=O)O)cc1.[KH]. The number of carbonyl (C=O) groups is 2. The van der Waals surface area contributed by atoms with Gasteiger partial charge in [0.15, 0.2) is 0 Å². The fourth-order valence-electron chi connectivity index (χ4n) is 1.14. The van der Waals surface area contributed by atoms with Crippen molar-refractivity contribution in [3.05, 3.63) is 24.3 Å². The van der Waals surface area contributed by atoms with Crippen LogP contribution in [0.5, 0.6) is 0 Å². The van der Waals surface area contributed by atoms with Crippen LogP contribution in [-0.2, 0) is 19.7 Å². The van der Waals surface area contributed by atoms with Crippen LogP contribution in [0.15, 0.2) is 29.2 Å². The summed E-state index contributed by atoms with van der Waals surface area (Å²) in [7, 11) is -4.23. The van der Waals surface area contributed by atoms with Crippen LogP contribution in [0.25, 0.3) is 0 Å². The molecule has 0 aliphatic carbocycles. The number of rotatable bonds is 4. The summed E-state index contributed by atoms with van der Waals surface area (Å²) in [4.78, 5) is 21.6. The minimum atomic E-state index is -4.23. The number of hydrogen-bond acceptors (Lipinski definition) is 4. The first-order chi connectivity index (χ1) is 7.79. The summed E-state index contributed by atoms with van der Waals surface area (Å²) in [6, 6.07) is 4.94.